The normalized spacial score (nSPS) is 21.0. The molecule has 2 amide bonds. The van der Waals surface area contributed by atoms with E-state index in [1.54, 1.807) is 0 Å². The number of ether oxygens (including phenoxy) is 1. The van der Waals surface area contributed by atoms with Crippen LogP contribution in [0.15, 0.2) is 24.3 Å². The van der Waals surface area contributed by atoms with Gasteiger partial charge in [0.1, 0.15) is 11.9 Å². The summed E-state index contributed by atoms with van der Waals surface area (Å²) in [4.78, 5) is 23.5. The third-order valence-electron chi connectivity index (χ3n) is 3.21. The van der Waals surface area contributed by atoms with Crippen LogP contribution in [0, 0.1) is 5.82 Å². The standard InChI is InChI=1S/C14H18FN3O3/c15-9-1-3-10(4-2-9)18-13(19)8-17-14(20)12-6-5-11(7-16)21-12/h1-4,11-12H,5-8,16H2,(H,17,20)(H,18,19)/t11-,12+/m1/s1. The van der Waals surface area contributed by atoms with Crippen LogP contribution in [0.25, 0.3) is 0 Å². The van der Waals surface area contributed by atoms with E-state index < -0.39 is 6.10 Å². The third kappa shape index (κ3) is 4.51. The summed E-state index contributed by atoms with van der Waals surface area (Å²) in [6.07, 6.45) is 0.717. The highest BCUT2D eigenvalue weighted by molar-refractivity contribution is 5.95. The third-order valence-corrected chi connectivity index (χ3v) is 3.21. The molecule has 7 heteroatoms. The summed E-state index contributed by atoms with van der Waals surface area (Å²) in [6, 6.07) is 5.38. The summed E-state index contributed by atoms with van der Waals surface area (Å²) < 4.78 is 18.1. The molecule has 21 heavy (non-hydrogen) atoms. The Hall–Kier alpha value is -1.99. The number of rotatable bonds is 5. The minimum absolute atomic E-state index is 0.0891. The van der Waals surface area contributed by atoms with Crippen LogP contribution < -0.4 is 16.4 Å². The van der Waals surface area contributed by atoms with Gasteiger partial charge in [-0.2, -0.15) is 0 Å². The number of benzene rings is 1. The maximum Gasteiger partial charge on any atom is 0.249 e. The van der Waals surface area contributed by atoms with Gasteiger partial charge < -0.3 is 21.1 Å². The minimum Gasteiger partial charge on any atom is -0.364 e. The maximum absolute atomic E-state index is 12.7. The van der Waals surface area contributed by atoms with Crippen LogP contribution >= 0.6 is 0 Å². The molecule has 114 valence electrons. The fraction of sp³-hybridized carbons (Fsp3) is 0.429. The van der Waals surface area contributed by atoms with E-state index >= 15 is 0 Å². The van der Waals surface area contributed by atoms with Gasteiger partial charge in [-0.25, -0.2) is 4.39 Å². The van der Waals surface area contributed by atoms with E-state index in [1.807, 2.05) is 0 Å². The second-order valence-corrected chi connectivity index (χ2v) is 4.83. The lowest BCUT2D eigenvalue weighted by molar-refractivity contribution is -0.133. The minimum atomic E-state index is -0.544. The molecular formula is C14H18FN3O3. The number of amides is 2. The van der Waals surface area contributed by atoms with E-state index in [4.69, 9.17) is 10.5 Å². The van der Waals surface area contributed by atoms with Crippen LogP contribution in [-0.4, -0.2) is 37.1 Å². The van der Waals surface area contributed by atoms with Gasteiger partial charge in [-0.3, -0.25) is 9.59 Å². The van der Waals surface area contributed by atoms with Gasteiger partial charge in [-0.05, 0) is 37.1 Å². The van der Waals surface area contributed by atoms with E-state index in [2.05, 4.69) is 10.6 Å². The van der Waals surface area contributed by atoms with E-state index in [0.717, 1.165) is 6.42 Å². The number of nitrogens with one attached hydrogen (secondary N) is 2. The SMILES string of the molecule is NC[C@H]1CC[C@@H](C(=O)NCC(=O)Nc2ccc(F)cc2)O1. The lowest BCUT2D eigenvalue weighted by Crippen LogP contribution is -2.39. The Bertz CT molecular complexity index is 507. The number of carbonyl (C=O) groups excluding carboxylic acids is 2. The smallest absolute Gasteiger partial charge is 0.249 e. The van der Waals surface area contributed by atoms with E-state index in [9.17, 15) is 14.0 Å². The van der Waals surface area contributed by atoms with E-state index in [-0.39, 0.29) is 30.3 Å². The van der Waals surface area contributed by atoms with Crippen LogP contribution in [0.4, 0.5) is 10.1 Å². The van der Waals surface area contributed by atoms with Crippen LogP contribution in [-0.2, 0) is 14.3 Å². The number of carbonyl (C=O) groups is 2. The summed E-state index contributed by atoms with van der Waals surface area (Å²) >= 11 is 0. The predicted octanol–water partition coefficient (Wildman–Crippen LogP) is 0.387. The first-order valence-corrected chi connectivity index (χ1v) is 6.77. The maximum atomic E-state index is 12.7. The van der Waals surface area contributed by atoms with Gasteiger partial charge in [-0.1, -0.05) is 0 Å². The van der Waals surface area contributed by atoms with Crippen molar-refractivity contribution in [2.45, 2.75) is 25.0 Å². The van der Waals surface area contributed by atoms with Gasteiger partial charge in [0.15, 0.2) is 0 Å². The number of halogens is 1. The molecule has 0 radical (unpaired) electrons. The number of nitrogens with two attached hydrogens (primary N) is 1. The van der Waals surface area contributed by atoms with Crippen molar-refractivity contribution < 1.29 is 18.7 Å². The predicted molar refractivity (Wildman–Crippen MR) is 75.0 cm³/mol. The molecular weight excluding hydrogens is 277 g/mol. The van der Waals surface area contributed by atoms with Crippen molar-refractivity contribution in [2.24, 2.45) is 5.73 Å². The molecule has 1 aromatic rings. The summed E-state index contributed by atoms with van der Waals surface area (Å²) in [5.74, 6) is -1.09. The highest BCUT2D eigenvalue weighted by Crippen LogP contribution is 2.18. The molecule has 0 saturated carbocycles. The topological polar surface area (TPSA) is 93.5 Å². The van der Waals surface area contributed by atoms with Crippen LogP contribution in [0.3, 0.4) is 0 Å². The molecule has 6 nitrogen and oxygen atoms in total. The molecule has 0 spiro atoms. The molecule has 1 aliphatic heterocycles. The van der Waals surface area contributed by atoms with Gasteiger partial charge in [0, 0.05) is 12.2 Å². The highest BCUT2D eigenvalue weighted by atomic mass is 19.1. The quantitative estimate of drug-likeness (QED) is 0.732. The Balaban J connectivity index is 1.73. The van der Waals surface area contributed by atoms with Gasteiger partial charge in [0.05, 0.1) is 12.6 Å². The zero-order valence-electron chi connectivity index (χ0n) is 11.5. The van der Waals surface area contributed by atoms with Crippen LogP contribution in [0.2, 0.25) is 0 Å². The van der Waals surface area contributed by atoms with Gasteiger partial charge in [0.25, 0.3) is 0 Å². The van der Waals surface area contributed by atoms with E-state index in [1.165, 1.54) is 24.3 Å². The zero-order valence-corrected chi connectivity index (χ0v) is 11.5. The molecule has 1 aromatic carbocycles. The average Bonchev–Trinajstić information content (AvgIpc) is 2.96. The monoisotopic (exact) mass is 295 g/mol. The van der Waals surface area contributed by atoms with Crippen molar-refractivity contribution in [1.82, 2.24) is 5.32 Å². The highest BCUT2D eigenvalue weighted by Gasteiger charge is 2.29. The van der Waals surface area contributed by atoms with Crippen molar-refractivity contribution in [3.63, 3.8) is 0 Å². The van der Waals surface area contributed by atoms with Crippen LogP contribution in [0.5, 0.6) is 0 Å². The Morgan fingerprint density at radius 3 is 2.62 bits per heavy atom. The fourth-order valence-electron chi connectivity index (χ4n) is 2.09. The van der Waals surface area contributed by atoms with E-state index in [0.29, 0.717) is 18.7 Å². The molecule has 1 heterocycles. The summed E-state index contributed by atoms with van der Waals surface area (Å²) in [5, 5.41) is 5.06. The van der Waals surface area contributed by atoms with Crippen molar-refractivity contribution in [3.05, 3.63) is 30.1 Å². The van der Waals surface area contributed by atoms with Gasteiger partial charge >= 0.3 is 0 Å². The summed E-state index contributed by atoms with van der Waals surface area (Å²) in [7, 11) is 0. The summed E-state index contributed by atoms with van der Waals surface area (Å²) in [6.45, 7) is 0.220. The molecule has 0 aromatic heterocycles. The molecule has 1 fully saturated rings. The zero-order chi connectivity index (χ0) is 15.2. The fourth-order valence-corrected chi connectivity index (χ4v) is 2.09. The molecule has 2 rings (SSSR count). The van der Waals surface area contributed by atoms with Crippen molar-refractivity contribution in [1.29, 1.82) is 0 Å². The number of hydrogen-bond donors (Lipinski definition) is 3. The Kier molecular flexibility index (Phi) is 5.24. The molecule has 4 N–H and O–H groups in total. The largest absolute Gasteiger partial charge is 0.364 e. The first-order valence-electron chi connectivity index (χ1n) is 6.77. The van der Waals surface area contributed by atoms with Crippen molar-refractivity contribution in [2.75, 3.05) is 18.4 Å². The lowest BCUT2D eigenvalue weighted by Gasteiger charge is -2.12. The molecule has 0 aliphatic carbocycles. The summed E-state index contributed by atoms with van der Waals surface area (Å²) in [5.41, 5.74) is 5.94. The second kappa shape index (κ2) is 7.14. The van der Waals surface area contributed by atoms with Gasteiger partial charge in [-0.15, -0.1) is 0 Å². The van der Waals surface area contributed by atoms with Crippen molar-refractivity contribution >= 4 is 17.5 Å². The Morgan fingerprint density at radius 2 is 2.00 bits per heavy atom. The lowest BCUT2D eigenvalue weighted by atomic mass is 10.2. The van der Waals surface area contributed by atoms with Crippen molar-refractivity contribution in [3.8, 4) is 0 Å². The molecule has 0 bridgehead atoms. The Morgan fingerprint density at radius 1 is 1.29 bits per heavy atom. The number of hydrogen-bond acceptors (Lipinski definition) is 4. The molecule has 0 unspecified atom stereocenters. The molecule has 2 atom stereocenters. The first-order chi connectivity index (χ1) is 10.1. The van der Waals surface area contributed by atoms with Crippen LogP contribution in [0.1, 0.15) is 12.8 Å². The number of anilines is 1. The molecule has 1 saturated heterocycles. The Labute approximate surface area is 121 Å². The molecule has 1 aliphatic rings. The second-order valence-electron chi connectivity index (χ2n) is 4.83. The first kappa shape index (κ1) is 15.4. The average molecular weight is 295 g/mol. The van der Waals surface area contributed by atoms with Gasteiger partial charge in [0.2, 0.25) is 11.8 Å².